The first kappa shape index (κ1) is 12.7. The Morgan fingerprint density at radius 3 is 2.89 bits per heavy atom. The van der Waals surface area contributed by atoms with Gasteiger partial charge in [0.15, 0.2) is 5.82 Å². The Bertz CT molecular complexity index is 509. The lowest BCUT2D eigenvalue weighted by molar-refractivity contribution is 0.503. The molecule has 0 aliphatic heterocycles. The highest BCUT2D eigenvalue weighted by Crippen LogP contribution is 2.17. The maximum Gasteiger partial charge on any atom is 0.164 e. The molecular weight excluding hydrogens is 231 g/mol. The highest BCUT2D eigenvalue weighted by molar-refractivity contribution is 5.20. The number of halogens is 1. The molecule has 1 N–H and O–H groups in total. The molecule has 5 heteroatoms. The summed E-state index contributed by atoms with van der Waals surface area (Å²) < 4.78 is 14.8. The predicted molar refractivity (Wildman–Crippen MR) is 67.3 cm³/mol. The fraction of sp³-hybridized carbons (Fsp3) is 0.385. The second-order valence-electron chi connectivity index (χ2n) is 4.23. The molecule has 0 aliphatic carbocycles. The van der Waals surface area contributed by atoms with Gasteiger partial charge in [-0.15, -0.1) is 0 Å². The summed E-state index contributed by atoms with van der Waals surface area (Å²) >= 11 is 0. The van der Waals surface area contributed by atoms with Gasteiger partial charge in [-0.1, -0.05) is 19.1 Å². The zero-order valence-corrected chi connectivity index (χ0v) is 10.6. The Morgan fingerprint density at radius 2 is 2.28 bits per heavy atom. The average molecular weight is 248 g/mol. The van der Waals surface area contributed by atoms with Gasteiger partial charge < -0.3 is 5.32 Å². The van der Waals surface area contributed by atoms with Crippen molar-refractivity contribution in [1.29, 1.82) is 0 Å². The van der Waals surface area contributed by atoms with Crippen LogP contribution in [0.25, 0.3) is 0 Å². The molecule has 0 amide bonds. The summed E-state index contributed by atoms with van der Waals surface area (Å²) in [5.41, 5.74) is 0.952. The van der Waals surface area contributed by atoms with Gasteiger partial charge in [0, 0.05) is 13.1 Å². The van der Waals surface area contributed by atoms with Crippen LogP contribution in [0.5, 0.6) is 0 Å². The minimum atomic E-state index is -0.205. The number of rotatable bonds is 5. The molecule has 0 saturated carbocycles. The molecule has 1 aromatic heterocycles. The maximum absolute atomic E-state index is 13.2. The van der Waals surface area contributed by atoms with Crippen molar-refractivity contribution in [2.24, 2.45) is 7.05 Å². The monoisotopic (exact) mass is 248 g/mol. The van der Waals surface area contributed by atoms with E-state index >= 15 is 0 Å². The summed E-state index contributed by atoms with van der Waals surface area (Å²) in [6.07, 6.45) is 2.55. The number of hydrogen-bond acceptors (Lipinski definition) is 3. The zero-order chi connectivity index (χ0) is 13.0. The normalized spacial score (nSPS) is 12.6. The van der Waals surface area contributed by atoms with E-state index in [1.54, 1.807) is 23.1 Å². The molecule has 0 saturated heterocycles. The van der Waals surface area contributed by atoms with Crippen molar-refractivity contribution in [2.45, 2.75) is 25.9 Å². The predicted octanol–water partition coefficient (Wildman–Crippen LogP) is 2.20. The molecular formula is C13H17FN4. The quantitative estimate of drug-likeness (QED) is 0.882. The van der Waals surface area contributed by atoms with Crippen LogP contribution in [0.1, 0.15) is 30.8 Å². The topological polar surface area (TPSA) is 42.7 Å². The lowest BCUT2D eigenvalue weighted by Gasteiger charge is -2.16. The van der Waals surface area contributed by atoms with E-state index in [-0.39, 0.29) is 11.9 Å². The summed E-state index contributed by atoms with van der Waals surface area (Å²) in [7, 11) is 1.83. The van der Waals surface area contributed by atoms with E-state index in [0.717, 1.165) is 17.8 Å². The maximum atomic E-state index is 13.2. The van der Waals surface area contributed by atoms with Crippen LogP contribution in [0.15, 0.2) is 30.6 Å². The SMILES string of the molecule is CCC(NCc1ncn(C)n1)c1cccc(F)c1. The van der Waals surface area contributed by atoms with Gasteiger partial charge in [-0.2, -0.15) is 5.10 Å². The smallest absolute Gasteiger partial charge is 0.164 e. The fourth-order valence-corrected chi connectivity index (χ4v) is 1.90. The van der Waals surface area contributed by atoms with Gasteiger partial charge in [-0.25, -0.2) is 9.37 Å². The van der Waals surface area contributed by atoms with Crippen LogP contribution in [-0.2, 0) is 13.6 Å². The van der Waals surface area contributed by atoms with E-state index in [4.69, 9.17) is 0 Å². The largest absolute Gasteiger partial charge is 0.303 e. The summed E-state index contributed by atoms with van der Waals surface area (Å²) in [6, 6.07) is 6.79. The Hall–Kier alpha value is -1.75. The molecule has 4 nitrogen and oxygen atoms in total. The van der Waals surface area contributed by atoms with Gasteiger partial charge in [0.1, 0.15) is 12.1 Å². The van der Waals surface area contributed by atoms with E-state index in [9.17, 15) is 4.39 Å². The van der Waals surface area contributed by atoms with Crippen molar-refractivity contribution in [1.82, 2.24) is 20.1 Å². The lowest BCUT2D eigenvalue weighted by atomic mass is 10.0. The number of nitrogens with one attached hydrogen (secondary N) is 1. The molecule has 1 atom stereocenters. The highest BCUT2D eigenvalue weighted by Gasteiger charge is 2.10. The van der Waals surface area contributed by atoms with Crippen LogP contribution < -0.4 is 5.32 Å². The van der Waals surface area contributed by atoms with Crippen molar-refractivity contribution < 1.29 is 4.39 Å². The second kappa shape index (κ2) is 5.73. The first-order valence-corrected chi connectivity index (χ1v) is 6.02. The third-order valence-corrected chi connectivity index (χ3v) is 2.81. The first-order chi connectivity index (χ1) is 8.69. The molecule has 96 valence electrons. The Morgan fingerprint density at radius 1 is 1.44 bits per heavy atom. The summed E-state index contributed by atoms with van der Waals surface area (Å²) in [4.78, 5) is 4.15. The number of aromatic nitrogens is 3. The van der Waals surface area contributed by atoms with Crippen molar-refractivity contribution in [3.63, 3.8) is 0 Å². The van der Waals surface area contributed by atoms with Gasteiger partial charge in [0.2, 0.25) is 0 Å². The molecule has 0 radical (unpaired) electrons. The van der Waals surface area contributed by atoms with E-state index in [1.807, 2.05) is 13.1 Å². The van der Waals surface area contributed by atoms with Crippen LogP contribution in [0, 0.1) is 5.82 Å². The minimum Gasteiger partial charge on any atom is -0.303 e. The minimum absolute atomic E-state index is 0.115. The van der Waals surface area contributed by atoms with E-state index < -0.39 is 0 Å². The average Bonchev–Trinajstić information content (AvgIpc) is 2.76. The fourth-order valence-electron chi connectivity index (χ4n) is 1.90. The van der Waals surface area contributed by atoms with Gasteiger partial charge in [0.05, 0.1) is 6.54 Å². The van der Waals surface area contributed by atoms with E-state index in [0.29, 0.717) is 6.54 Å². The number of aryl methyl sites for hydroxylation is 1. The van der Waals surface area contributed by atoms with Crippen LogP contribution >= 0.6 is 0 Å². The Labute approximate surface area is 106 Å². The van der Waals surface area contributed by atoms with Crippen molar-refractivity contribution >= 4 is 0 Å². The molecule has 2 rings (SSSR count). The lowest BCUT2D eigenvalue weighted by Crippen LogP contribution is -2.21. The zero-order valence-electron chi connectivity index (χ0n) is 10.6. The van der Waals surface area contributed by atoms with E-state index in [2.05, 4.69) is 22.3 Å². The van der Waals surface area contributed by atoms with Crippen molar-refractivity contribution in [3.05, 3.63) is 47.8 Å². The van der Waals surface area contributed by atoms with Crippen LogP contribution in [-0.4, -0.2) is 14.8 Å². The van der Waals surface area contributed by atoms with Crippen LogP contribution in [0.4, 0.5) is 4.39 Å². The van der Waals surface area contributed by atoms with Crippen molar-refractivity contribution in [3.8, 4) is 0 Å². The molecule has 2 aromatic rings. The van der Waals surface area contributed by atoms with Crippen LogP contribution in [0.3, 0.4) is 0 Å². The van der Waals surface area contributed by atoms with Gasteiger partial charge in [0.25, 0.3) is 0 Å². The van der Waals surface area contributed by atoms with Gasteiger partial charge in [-0.3, -0.25) is 4.68 Å². The molecule has 0 bridgehead atoms. The third-order valence-electron chi connectivity index (χ3n) is 2.81. The second-order valence-corrected chi connectivity index (χ2v) is 4.23. The van der Waals surface area contributed by atoms with Gasteiger partial charge >= 0.3 is 0 Å². The Kier molecular flexibility index (Phi) is 4.04. The third kappa shape index (κ3) is 3.13. The molecule has 1 unspecified atom stereocenters. The molecule has 0 spiro atoms. The molecule has 1 aromatic carbocycles. The molecule has 1 heterocycles. The first-order valence-electron chi connectivity index (χ1n) is 6.02. The Balaban J connectivity index is 2.01. The standard InChI is InChI=1S/C13H17FN4/c1-3-12(10-5-4-6-11(14)7-10)15-8-13-16-9-18(2)17-13/h4-7,9,12,15H,3,8H2,1-2H3. The molecule has 18 heavy (non-hydrogen) atoms. The summed E-state index contributed by atoms with van der Waals surface area (Å²) in [5.74, 6) is 0.538. The van der Waals surface area contributed by atoms with E-state index in [1.165, 1.54) is 6.07 Å². The molecule has 0 aliphatic rings. The van der Waals surface area contributed by atoms with Gasteiger partial charge in [-0.05, 0) is 24.1 Å². The number of benzene rings is 1. The van der Waals surface area contributed by atoms with Crippen molar-refractivity contribution in [2.75, 3.05) is 0 Å². The number of nitrogens with zero attached hydrogens (tertiary/aromatic N) is 3. The number of hydrogen-bond donors (Lipinski definition) is 1. The summed E-state index contributed by atoms with van der Waals surface area (Å²) in [5, 5.41) is 7.53. The summed E-state index contributed by atoms with van der Waals surface area (Å²) in [6.45, 7) is 2.64. The highest BCUT2D eigenvalue weighted by atomic mass is 19.1. The van der Waals surface area contributed by atoms with Crippen LogP contribution in [0.2, 0.25) is 0 Å². The molecule has 0 fully saturated rings.